The number of aromatic nitrogens is 1. The van der Waals surface area contributed by atoms with Crippen molar-refractivity contribution >= 4 is 65.8 Å². The highest BCUT2D eigenvalue weighted by Gasteiger charge is 2.28. The molecule has 1 aliphatic heterocycles. The van der Waals surface area contributed by atoms with Crippen LogP contribution in [0.2, 0.25) is 0 Å². The first-order chi connectivity index (χ1) is 14.0. The van der Waals surface area contributed by atoms with Crippen molar-refractivity contribution in [2.75, 3.05) is 31.6 Å². The van der Waals surface area contributed by atoms with E-state index < -0.39 is 0 Å². The van der Waals surface area contributed by atoms with Gasteiger partial charge in [-0.2, -0.15) is 0 Å². The van der Waals surface area contributed by atoms with Crippen molar-refractivity contribution < 1.29 is 14.3 Å². The number of likely N-dealkylation sites (N-methyl/N-ethyl adjacent to an activating group) is 1. The molecule has 0 radical (unpaired) electrons. The molecule has 0 N–H and O–H groups in total. The van der Waals surface area contributed by atoms with E-state index in [0.29, 0.717) is 16.6 Å². The van der Waals surface area contributed by atoms with Crippen molar-refractivity contribution in [3.8, 4) is 0 Å². The van der Waals surface area contributed by atoms with Crippen LogP contribution in [0.25, 0.3) is 10.2 Å². The minimum atomic E-state index is -0.171. The number of thiazole rings is 1. The minimum absolute atomic E-state index is 0.000205. The normalized spacial score (nSPS) is 16.3. The molecule has 1 aromatic carbocycles. The summed E-state index contributed by atoms with van der Waals surface area (Å²) < 4.78 is 7.67. The molecule has 9 heteroatoms. The molecule has 3 heterocycles. The molecule has 0 saturated carbocycles. The van der Waals surface area contributed by atoms with Gasteiger partial charge in [-0.05, 0) is 53.0 Å². The van der Waals surface area contributed by atoms with E-state index in [1.54, 1.807) is 18.0 Å². The number of rotatable bonds is 6. The maximum Gasteiger partial charge on any atom is 0.264 e. The number of nitrogens with zero attached hydrogens (tertiary/aromatic N) is 3. The number of carbonyl (C=O) groups is 2. The molecule has 29 heavy (non-hydrogen) atoms. The van der Waals surface area contributed by atoms with E-state index in [2.05, 4.69) is 20.9 Å². The number of halogens is 1. The maximum atomic E-state index is 13.2. The zero-order valence-electron chi connectivity index (χ0n) is 15.8. The van der Waals surface area contributed by atoms with Crippen LogP contribution in [0.15, 0.2) is 40.2 Å². The van der Waals surface area contributed by atoms with Gasteiger partial charge in [0.15, 0.2) is 5.13 Å². The number of fused-ring (bicyclic) bond motifs is 1. The fraction of sp³-hybridized carbons (Fsp3) is 0.350. The van der Waals surface area contributed by atoms with Crippen LogP contribution < -0.4 is 4.90 Å². The fourth-order valence-corrected chi connectivity index (χ4v) is 5.60. The summed E-state index contributed by atoms with van der Waals surface area (Å²) in [5, 5.41) is 0.645. The van der Waals surface area contributed by atoms with Gasteiger partial charge in [0.2, 0.25) is 5.91 Å². The van der Waals surface area contributed by atoms with Gasteiger partial charge in [-0.15, -0.1) is 11.3 Å². The van der Waals surface area contributed by atoms with Gasteiger partial charge >= 0.3 is 0 Å². The molecule has 2 amide bonds. The number of hydrogen-bond donors (Lipinski definition) is 0. The molecule has 2 aromatic heterocycles. The van der Waals surface area contributed by atoms with E-state index in [-0.39, 0.29) is 24.5 Å². The SMILES string of the molecule is CN(CC(=O)N(CC1CCCO1)c1nc2ccccc2s1)C(=O)c1ccc(Br)s1. The number of ether oxygens (including phenoxy) is 1. The largest absolute Gasteiger partial charge is 0.376 e. The molecule has 0 bridgehead atoms. The van der Waals surface area contributed by atoms with Crippen molar-refractivity contribution in [1.29, 1.82) is 0 Å². The van der Waals surface area contributed by atoms with Crippen molar-refractivity contribution in [2.24, 2.45) is 0 Å². The molecular weight excluding hydrogens is 474 g/mol. The third kappa shape index (κ3) is 4.69. The maximum absolute atomic E-state index is 13.2. The highest BCUT2D eigenvalue weighted by Crippen LogP contribution is 2.30. The van der Waals surface area contributed by atoms with Crippen molar-refractivity contribution in [3.63, 3.8) is 0 Å². The predicted octanol–water partition coefficient (Wildman–Crippen LogP) is 4.40. The lowest BCUT2D eigenvalue weighted by Crippen LogP contribution is -2.44. The Bertz CT molecular complexity index is 996. The lowest BCUT2D eigenvalue weighted by atomic mass is 10.2. The molecule has 1 fully saturated rings. The molecule has 4 rings (SSSR count). The van der Waals surface area contributed by atoms with Crippen LogP contribution in [0, 0.1) is 0 Å². The molecule has 0 spiro atoms. The van der Waals surface area contributed by atoms with Crippen LogP contribution >= 0.6 is 38.6 Å². The van der Waals surface area contributed by atoms with Crippen molar-refractivity contribution in [2.45, 2.75) is 18.9 Å². The number of thiophene rings is 1. The molecule has 1 aliphatic rings. The first kappa shape index (κ1) is 20.5. The number of benzene rings is 1. The standard InChI is InChI=1S/C20H20BrN3O3S2/c1-23(19(26)16-8-9-17(21)28-16)12-18(25)24(11-13-5-4-10-27-13)20-22-14-6-2-3-7-15(14)29-20/h2-3,6-9,13H,4-5,10-12H2,1H3. The third-order valence-electron chi connectivity index (χ3n) is 4.73. The van der Waals surface area contributed by atoms with Crippen molar-refractivity contribution in [1.82, 2.24) is 9.88 Å². The van der Waals surface area contributed by atoms with Crippen LogP contribution in [-0.4, -0.2) is 54.5 Å². The predicted molar refractivity (Wildman–Crippen MR) is 120 cm³/mol. The number of amides is 2. The van der Waals surface area contributed by atoms with Gasteiger partial charge in [-0.3, -0.25) is 14.5 Å². The zero-order valence-corrected chi connectivity index (χ0v) is 19.1. The van der Waals surface area contributed by atoms with Gasteiger partial charge in [0.25, 0.3) is 5.91 Å². The Morgan fingerprint density at radius 1 is 1.24 bits per heavy atom. The average molecular weight is 494 g/mol. The summed E-state index contributed by atoms with van der Waals surface area (Å²) in [6.07, 6.45) is 1.92. The summed E-state index contributed by atoms with van der Waals surface area (Å²) in [4.78, 5) is 34.2. The average Bonchev–Trinajstić information content (AvgIpc) is 3.45. The zero-order chi connectivity index (χ0) is 20.4. The van der Waals surface area contributed by atoms with E-state index in [4.69, 9.17) is 4.74 Å². The molecular formula is C20H20BrN3O3S2. The highest BCUT2D eigenvalue weighted by molar-refractivity contribution is 9.11. The second-order valence-electron chi connectivity index (χ2n) is 6.87. The van der Waals surface area contributed by atoms with Crippen molar-refractivity contribution in [3.05, 3.63) is 45.1 Å². The van der Waals surface area contributed by atoms with Crippen LogP contribution in [0.1, 0.15) is 22.5 Å². The van der Waals surface area contributed by atoms with Crippen LogP contribution in [-0.2, 0) is 9.53 Å². The molecule has 152 valence electrons. The second kappa shape index (κ2) is 8.91. The van der Waals surface area contributed by atoms with Gasteiger partial charge in [0.1, 0.15) is 6.54 Å². The Balaban J connectivity index is 1.54. The Morgan fingerprint density at radius 2 is 2.07 bits per heavy atom. The molecule has 0 aliphatic carbocycles. The van der Waals surface area contributed by atoms with Crippen LogP contribution in [0.4, 0.5) is 5.13 Å². The van der Waals surface area contributed by atoms with E-state index in [1.165, 1.54) is 27.6 Å². The summed E-state index contributed by atoms with van der Waals surface area (Å²) in [6.45, 7) is 1.15. The van der Waals surface area contributed by atoms with Gasteiger partial charge in [-0.1, -0.05) is 23.5 Å². The number of para-hydroxylation sites is 1. The molecule has 1 atom stereocenters. The Labute approximate surface area is 185 Å². The van der Waals surface area contributed by atoms with E-state index in [9.17, 15) is 9.59 Å². The summed E-state index contributed by atoms with van der Waals surface area (Å²) in [6, 6.07) is 11.4. The summed E-state index contributed by atoms with van der Waals surface area (Å²) in [5.74, 6) is -0.332. The highest BCUT2D eigenvalue weighted by atomic mass is 79.9. The lowest BCUT2D eigenvalue weighted by Gasteiger charge is -2.25. The monoisotopic (exact) mass is 493 g/mol. The lowest BCUT2D eigenvalue weighted by molar-refractivity contribution is -0.119. The Kier molecular flexibility index (Phi) is 6.29. The fourth-order valence-electron chi connectivity index (χ4n) is 3.23. The van der Waals surface area contributed by atoms with E-state index >= 15 is 0 Å². The first-order valence-corrected chi connectivity index (χ1v) is 11.7. The Hall–Kier alpha value is -1.81. The third-order valence-corrected chi connectivity index (χ3v) is 7.40. The number of carbonyl (C=O) groups excluding carboxylic acids is 2. The van der Waals surface area contributed by atoms with Gasteiger partial charge in [0.05, 0.1) is 31.5 Å². The van der Waals surface area contributed by atoms with Gasteiger partial charge < -0.3 is 9.64 Å². The second-order valence-corrected chi connectivity index (χ2v) is 10.3. The molecule has 6 nitrogen and oxygen atoms in total. The van der Waals surface area contributed by atoms with Gasteiger partial charge in [0, 0.05) is 13.7 Å². The number of hydrogen-bond acceptors (Lipinski definition) is 6. The van der Waals surface area contributed by atoms with E-state index in [1.807, 2.05) is 30.3 Å². The molecule has 1 saturated heterocycles. The quantitative estimate of drug-likeness (QED) is 0.510. The summed E-state index contributed by atoms with van der Waals surface area (Å²) in [7, 11) is 1.65. The minimum Gasteiger partial charge on any atom is -0.376 e. The Morgan fingerprint density at radius 3 is 2.76 bits per heavy atom. The number of anilines is 1. The van der Waals surface area contributed by atoms with E-state index in [0.717, 1.165) is 33.5 Å². The smallest absolute Gasteiger partial charge is 0.264 e. The summed E-state index contributed by atoms with van der Waals surface area (Å²) >= 11 is 6.21. The van der Waals surface area contributed by atoms with Gasteiger partial charge in [-0.25, -0.2) is 4.98 Å². The van der Waals surface area contributed by atoms with Crippen LogP contribution in [0.5, 0.6) is 0 Å². The topological polar surface area (TPSA) is 62.7 Å². The molecule has 3 aromatic rings. The summed E-state index contributed by atoms with van der Waals surface area (Å²) in [5.41, 5.74) is 0.866. The molecule has 1 unspecified atom stereocenters. The first-order valence-electron chi connectivity index (χ1n) is 9.29. The van der Waals surface area contributed by atoms with Crippen LogP contribution in [0.3, 0.4) is 0 Å².